The van der Waals surface area contributed by atoms with Crippen molar-refractivity contribution >= 4 is 29.5 Å². The van der Waals surface area contributed by atoms with Crippen molar-refractivity contribution in [2.75, 3.05) is 14.1 Å². The van der Waals surface area contributed by atoms with Crippen LogP contribution in [0.1, 0.15) is 65.5 Å². The molecule has 0 radical (unpaired) electrons. The Kier molecular flexibility index (Phi) is 13.5. The lowest BCUT2D eigenvalue weighted by Crippen LogP contribution is -2.59. The molecule has 0 aliphatic carbocycles. The molecule has 3 rings (SSSR count). The Bertz CT molecular complexity index is 1360. The van der Waals surface area contributed by atoms with Gasteiger partial charge in [-0.2, -0.15) is 0 Å². The van der Waals surface area contributed by atoms with Gasteiger partial charge in [-0.15, -0.1) is 0 Å². The molecular weight excluding hydrogens is 594 g/mol. The summed E-state index contributed by atoms with van der Waals surface area (Å²) in [5.41, 5.74) is 1.67. The minimum Gasteiger partial charge on any atom is -0.343 e. The molecule has 256 valence electrons. The molecule has 10 heteroatoms. The van der Waals surface area contributed by atoms with E-state index in [0.717, 1.165) is 11.1 Å². The third kappa shape index (κ3) is 10.4. The molecular formula is C37H53N5O5. The van der Waals surface area contributed by atoms with Crippen molar-refractivity contribution in [1.29, 1.82) is 0 Å². The van der Waals surface area contributed by atoms with Crippen molar-refractivity contribution in [2.24, 2.45) is 17.8 Å². The van der Waals surface area contributed by atoms with Gasteiger partial charge in [0.05, 0.1) is 0 Å². The van der Waals surface area contributed by atoms with E-state index in [9.17, 15) is 24.0 Å². The molecule has 3 N–H and O–H groups in total. The summed E-state index contributed by atoms with van der Waals surface area (Å²) in [5, 5.41) is 8.79. The number of hydrogen-bond acceptors (Lipinski definition) is 5. The van der Waals surface area contributed by atoms with E-state index in [0.29, 0.717) is 12.8 Å². The largest absolute Gasteiger partial charge is 0.343 e. The minimum atomic E-state index is -1.02. The molecule has 1 aliphatic heterocycles. The molecule has 0 aromatic heterocycles. The SMILES string of the molecule is CC(C)C[C@@H]1NC(=O)[C@H](CC(C)C)N(C)C(=O)[C@H](Cc2ccccc2)NC(=O)[C@@H](Cc2ccccc2)N(C)C(=O)[C@H](C(C)C)NC1=O. The fourth-order valence-corrected chi connectivity index (χ4v) is 5.96. The Balaban J connectivity index is 2.18. The highest BCUT2D eigenvalue weighted by molar-refractivity contribution is 5.98. The lowest BCUT2D eigenvalue weighted by molar-refractivity contribution is -0.144. The number of carbonyl (C=O) groups is 5. The molecule has 5 amide bonds. The van der Waals surface area contributed by atoms with Crippen LogP contribution in [-0.2, 0) is 36.8 Å². The summed E-state index contributed by atoms with van der Waals surface area (Å²) in [6, 6.07) is 14.0. The maximum Gasteiger partial charge on any atom is 0.245 e. The number of rotatable bonds is 9. The predicted octanol–water partition coefficient (Wildman–Crippen LogP) is 3.34. The standard InChI is InChI=1S/C37H53N5O5/c1-23(2)19-28-33(43)40-32(25(5)6)37(47)42(8)31(22-27-17-13-10-14-18-27)35(45)39-29(21-26-15-11-9-12-16-26)36(46)41(7)30(20-24(3)4)34(44)38-28/h9-18,23-25,28-32H,19-22H2,1-8H3,(H,38,44)(H,39,45)(H,40,43)/t28-,29-,30-,31+,32-/m0/s1. The van der Waals surface area contributed by atoms with Crippen LogP contribution in [0.25, 0.3) is 0 Å². The van der Waals surface area contributed by atoms with Gasteiger partial charge < -0.3 is 25.8 Å². The Morgan fingerprint density at radius 3 is 1.53 bits per heavy atom. The Morgan fingerprint density at radius 2 is 1.02 bits per heavy atom. The minimum absolute atomic E-state index is 0.0504. The first-order chi connectivity index (χ1) is 22.2. The van der Waals surface area contributed by atoms with Gasteiger partial charge in [0, 0.05) is 26.9 Å². The average Bonchev–Trinajstić information content (AvgIpc) is 3.03. The molecule has 10 nitrogen and oxygen atoms in total. The van der Waals surface area contributed by atoms with Crippen molar-refractivity contribution in [3.05, 3.63) is 71.8 Å². The smallest absolute Gasteiger partial charge is 0.245 e. The van der Waals surface area contributed by atoms with E-state index in [4.69, 9.17) is 0 Å². The summed E-state index contributed by atoms with van der Waals surface area (Å²) in [5.74, 6) is -2.52. The summed E-state index contributed by atoms with van der Waals surface area (Å²) in [7, 11) is 3.13. The van der Waals surface area contributed by atoms with Gasteiger partial charge in [-0.1, -0.05) is 102 Å². The van der Waals surface area contributed by atoms with Gasteiger partial charge in [0.15, 0.2) is 0 Å². The van der Waals surface area contributed by atoms with E-state index in [1.54, 1.807) is 14.1 Å². The van der Waals surface area contributed by atoms with Gasteiger partial charge in [-0.25, -0.2) is 0 Å². The van der Waals surface area contributed by atoms with E-state index in [-0.39, 0.29) is 30.6 Å². The van der Waals surface area contributed by atoms with Crippen molar-refractivity contribution < 1.29 is 24.0 Å². The number of nitrogens with zero attached hydrogens (tertiary/aromatic N) is 2. The van der Waals surface area contributed by atoms with E-state index in [1.807, 2.05) is 102 Å². The third-order valence-electron chi connectivity index (χ3n) is 8.67. The maximum atomic E-state index is 14.3. The second kappa shape index (κ2) is 17.1. The van der Waals surface area contributed by atoms with Gasteiger partial charge in [0.2, 0.25) is 29.5 Å². The quantitative estimate of drug-likeness (QED) is 0.385. The molecule has 1 fully saturated rings. The Labute approximate surface area is 280 Å². The lowest BCUT2D eigenvalue weighted by atomic mass is 9.97. The Hall–Kier alpha value is -4.21. The van der Waals surface area contributed by atoms with Crippen LogP contribution in [0.5, 0.6) is 0 Å². The molecule has 0 saturated carbocycles. The van der Waals surface area contributed by atoms with Crippen molar-refractivity contribution in [3.63, 3.8) is 0 Å². The Morgan fingerprint density at radius 1 is 0.553 bits per heavy atom. The van der Waals surface area contributed by atoms with Crippen molar-refractivity contribution in [1.82, 2.24) is 25.8 Å². The molecule has 47 heavy (non-hydrogen) atoms. The number of benzene rings is 2. The lowest BCUT2D eigenvalue weighted by Gasteiger charge is -2.34. The molecule has 0 unspecified atom stereocenters. The molecule has 1 aliphatic rings. The van der Waals surface area contributed by atoms with E-state index < -0.39 is 59.7 Å². The second-order valence-electron chi connectivity index (χ2n) is 13.9. The number of carbonyl (C=O) groups excluding carboxylic acids is 5. The van der Waals surface area contributed by atoms with Crippen LogP contribution in [0.15, 0.2) is 60.7 Å². The first-order valence-electron chi connectivity index (χ1n) is 16.7. The molecule has 1 heterocycles. The zero-order valence-corrected chi connectivity index (χ0v) is 29.2. The molecule has 2 aromatic carbocycles. The highest BCUT2D eigenvalue weighted by Crippen LogP contribution is 2.18. The van der Waals surface area contributed by atoms with Crippen molar-refractivity contribution in [2.45, 2.75) is 97.4 Å². The normalized spacial score (nSPS) is 23.8. The van der Waals surface area contributed by atoms with Crippen LogP contribution in [0.2, 0.25) is 0 Å². The maximum absolute atomic E-state index is 14.3. The summed E-state index contributed by atoms with van der Waals surface area (Å²) in [6.45, 7) is 11.5. The number of likely N-dealkylation sites (N-methyl/N-ethyl adjacent to an activating group) is 2. The zero-order valence-electron chi connectivity index (χ0n) is 29.2. The van der Waals surface area contributed by atoms with Crippen LogP contribution in [0.3, 0.4) is 0 Å². The van der Waals surface area contributed by atoms with E-state index in [2.05, 4.69) is 16.0 Å². The number of nitrogens with one attached hydrogen (secondary N) is 3. The van der Waals surface area contributed by atoms with Crippen LogP contribution in [-0.4, -0.2) is 83.6 Å². The summed E-state index contributed by atoms with van der Waals surface area (Å²) in [6.07, 6.45) is 1.07. The van der Waals surface area contributed by atoms with Crippen LogP contribution in [0.4, 0.5) is 0 Å². The second-order valence-corrected chi connectivity index (χ2v) is 13.9. The van der Waals surface area contributed by atoms with Crippen LogP contribution < -0.4 is 16.0 Å². The van der Waals surface area contributed by atoms with Crippen LogP contribution >= 0.6 is 0 Å². The summed E-state index contributed by atoms with van der Waals surface area (Å²) in [4.78, 5) is 73.2. The molecule has 1 saturated heterocycles. The first kappa shape index (κ1) is 37.2. The molecule has 0 bridgehead atoms. The number of hydrogen-bond donors (Lipinski definition) is 3. The fraction of sp³-hybridized carbons (Fsp3) is 0.541. The van der Waals surface area contributed by atoms with E-state index in [1.165, 1.54) is 9.80 Å². The highest BCUT2D eigenvalue weighted by Gasteiger charge is 2.39. The first-order valence-corrected chi connectivity index (χ1v) is 16.7. The summed E-state index contributed by atoms with van der Waals surface area (Å²) < 4.78 is 0. The van der Waals surface area contributed by atoms with E-state index >= 15 is 0 Å². The summed E-state index contributed by atoms with van der Waals surface area (Å²) >= 11 is 0. The van der Waals surface area contributed by atoms with Gasteiger partial charge in [-0.3, -0.25) is 24.0 Å². The monoisotopic (exact) mass is 647 g/mol. The van der Waals surface area contributed by atoms with Crippen molar-refractivity contribution in [3.8, 4) is 0 Å². The predicted molar refractivity (Wildman–Crippen MR) is 183 cm³/mol. The fourth-order valence-electron chi connectivity index (χ4n) is 5.96. The molecule has 5 atom stereocenters. The highest BCUT2D eigenvalue weighted by atomic mass is 16.2. The average molecular weight is 648 g/mol. The zero-order chi connectivity index (χ0) is 34.8. The van der Waals surface area contributed by atoms with Gasteiger partial charge in [0.1, 0.15) is 30.2 Å². The number of amides is 5. The molecule has 0 spiro atoms. The molecule has 2 aromatic rings. The third-order valence-corrected chi connectivity index (χ3v) is 8.67. The van der Waals surface area contributed by atoms with Gasteiger partial charge >= 0.3 is 0 Å². The van der Waals surface area contributed by atoms with Crippen LogP contribution in [0, 0.1) is 17.8 Å². The van der Waals surface area contributed by atoms with Gasteiger partial charge in [0.25, 0.3) is 0 Å². The van der Waals surface area contributed by atoms with Gasteiger partial charge in [-0.05, 0) is 41.7 Å². The topological polar surface area (TPSA) is 128 Å².